The summed E-state index contributed by atoms with van der Waals surface area (Å²) in [6, 6.07) is 8.68. The molecule has 5 nitrogen and oxygen atoms in total. The molecule has 1 aromatic heterocycles. The number of nitrogen functional groups attached to an aromatic ring is 1. The van der Waals surface area contributed by atoms with Crippen LogP contribution in [0, 0.1) is 0 Å². The first-order valence-electron chi connectivity index (χ1n) is 5.67. The van der Waals surface area contributed by atoms with Gasteiger partial charge in [-0.25, -0.2) is 0 Å². The van der Waals surface area contributed by atoms with Crippen LogP contribution < -0.4 is 15.8 Å². The van der Waals surface area contributed by atoms with E-state index in [1.165, 1.54) is 12.3 Å². The Morgan fingerprint density at radius 1 is 1.37 bits per heavy atom. The van der Waals surface area contributed by atoms with Crippen molar-refractivity contribution in [3.8, 4) is 5.75 Å². The van der Waals surface area contributed by atoms with Crippen LogP contribution in [-0.2, 0) is 0 Å². The zero-order valence-corrected chi connectivity index (χ0v) is 10.8. The van der Waals surface area contributed by atoms with Crippen molar-refractivity contribution in [3.63, 3.8) is 0 Å². The van der Waals surface area contributed by atoms with Crippen LogP contribution >= 0.6 is 11.6 Å². The number of nitrogens with one attached hydrogen (secondary N) is 1. The molecule has 6 heteroatoms. The highest BCUT2D eigenvalue weighted by molar-refractivity contribution is 6.32. The average Bonchev–Trinajstić information content (AvgIpc) is 2.82. The zero-order valence-electron chi connectivity index (χ0n) is 10.1. The highest BCUT2D eigenvalue weighted by Crippen LogP contribution is 2.19. The van der Waals surface area contributed by atoms with Gasteiger partial charge in [0.15, 0.2) is 0 Å². The third-order valence-electron chi connectivity index (χ3n) is 2.43. The quantitative estimate of drug-likeness (QED) is 0.651. The highest BCUT2D eigenvalue weighted by Gasteiger charge is 2.12. The summed E-state index contributed by atoms with van der Waals surface area (Å²) >= 11 is 5.69. The summed E-state index contributed by atoms with van der Waals surface area (Å²) in [5.41, 5.74) is 6.59. The van der Waals surface area contributed by atoms with Crippen LogP contribution in [-0.4, -0.2) is 19.1 Å². The average molecular weight is 281 g/mol. The molecule has 0 aliphatic rings. The molecule has 0 atom stereocenters. The predicted octanol–water partition coefficient (Wildman–Crippen LogP) is 2.32. The van der Waals surface area contributed by atoms with Crippen LogP contribution in [0.2, 0.25) is 5.22 Å². The van der Waals surface area contributed by atoms with Gasteiger partial charge in [-0.3, -0.25) is 4.79 Å². The lowest BCUT2D eigenvalue weighted by molar-refractivity contribution is 0.0946. The van der Waals surface area contributed by atoms with Gasteiger partial charge in [0.05, 0.1) is 24.1 Å². The molecule has 0 saturated heterocycles. The monoisotopic (exact) mass is 280 g/mol. The number of nitrogens with two attached hydrogens (primary N) is 1. The summed E-state index contributed by atoms with van der Waals surface area (Å²) in [7, 11) is 0. The fourth-order valence-corrected chi connectivity index (χ4v) is 1.69. The van der Waals surface area contributed by atoms with E-state index in [1.807, 2.05) is 12.1 Å². The lowest BCUT2D eigenvalue weighted by Gasteiger charge is -2.09. The van der Waals surface area contributed by atoms with Gasteiger partial charge in [-0.05, 0) is 29.8 Å². The van der Waals surface area contributed by atoms with Crippen molar-refractivity contribution in [2.24, 2.45) is 0 Å². The second-order valence-corrected chi connectivity index (χ2v) is 4.09. The molecule has 0 aliphatic carbocycles. The number of para-hydroxylation sites is 2. The molecule has 1 amide bonds. The van der Waals surface area contributed by atoms with Crippen molar-refractivity contribution in [3.05, 3.63) is 47.4 Å². The third kappa shape index (κ3) is 3.42. The van der Waals surface area contributed by atoms with Crippen molar-refractivity contribution < 1.29 is 13.9 Å². The summed E-state index contributed by atoms with van der Waals surface area (Å²) in [5, 5.41) is 2.74. The Labute approximate surface area is 115 Å². The Morgan fingerprint density at radius 2 is 2.16 bits per heavy atom. The lowest BCUT2D eigenvalue weighted by atomic mass is 10.3. The SMILES string of the molecule is Nc1ccccc1OCCNC(=O)c1ccoc1Cl. The van der Waals surface area contributed by atoms with Gasteiger partial charge < -0.3 is 20.2 Å². The molecule has 3 N–H and O–H groups in total. The van der Waals surface area contributed by atoms with Gasteiger partial charge in [-0.1, -0.05) is 12.1 Å². The highest BCUT2D eigenvalue weighted by atomic mass is 35.5. The number of furan rings is 1. The van der Waals surface area contributed by atoms with Gasteiger partial charge in [-0.2, -0.15) is 0 Å². The summed E-state index contributed by atoms with van der Waals surface area (Å²) in [5.74, 6) is 0.293. The van der Waals surface area contributed by atoms with E-state index in [9.17, 15) is 4.79 Å². The first kappa shape index (κ1) is 13.3. The molecule has 0 aliphatic heterocycles. The Kier molecular flexibility index (Phi) is 4.30. The number of carbonyl (C=O) groups excluding carboxylic acids is 1. The maximum absolute atomic E-state index is 11.7. The van der Waals surface area contributed by atoms with E-state index in [1.54, 1.807) is 12.1 Å². The second-order valence-electron chi connectivity index (χ2n) is 3.75. The number of halogens is 1. The molecule has 1 heterocycles. The normalized spacial score (nSPS) is 10.2. The Hall–Kier alpha value is -2.14. The first-order chi connectivity index (χ1) is 9.18. The molecule has 0 bridgehead atoms. The molecule has 1 aromatic carbocycles. The smallest absolute Gasteiger partial charge is 0.256 e. The summed E-state index contributed by atoms with van der Waals surface area (Å²) in [4.78, 5) is 11.7. The van der Waals surface area contributed by atoms with E-state index >= 15 is 0 Å². The molecule has 100 valence electrons. The van der Waals surface area contributed by atoms with Crippen molar-refractivity contribution in [1.29, 1.82) is 0 Å². The van der Waals surface area contributed by atoms with E-state index in [0.29, 0.717) is 30.2 Å². The molecule has 0 radical (unpaired) electrons. The molecule has 0 fully saturated rings. The number of benzene rings is 1. The molecule has 2 rings (SSSR count). The topological polar surface area (TPSA) is 77.5 Å². The summed E-state index contributed by atoms with van der Waals surface area (Å²) < 4.78 is 10.3. The Bertz CT molecular complexity index is 569. The fraction of sp³-hybridized carbons (Fsp3) is 0.154. The number of hydrogen-bond donors (Lipinski definition) is 2. The minimum Gasteiger partial charge on any atom is -0.490 e. The van der Waals surface area contributed by atoms with Crippen LogP contribution in [0.15, 0.2) is 41.0 Å². The lowest BCUT2D eigenvalue weighted by Crippen LogP contribution is -2.28. The van der Waals surface area contributed by atoms with Crippen LogP contribution in [0.3, 0.4) is 0 Å². The third-order valence-corrected chi connectivity index (χ3v) is 2.72. The maximum atomic E-state index is 11.7. The van der Waals surface area contributed by atoms with E-state index < -0.39 is 0 Å². The minimum atomic E-state index is -0.302. The van der Waals surface area contributed by atoms with Gasteiger partial charge in [0.25, 0.3) is 5.91 Å². The standard InChI is InChI=1S/C13H13ClN2O3/c14-12-9(5-7-19-12)13(17)16-6-8-18-11-4-2-1-3-10(11)15/h1-5,7H,6,8,15H2,(H,16,17). The number of amides is 1. The predicted molar refractivity (Wildman–Crippen MR) is 72.4 cm³/mol. The van der Waals surface area contributed by atoms with Crippen LogP contribution in [0.4, 0.5) is 5.69 Å². The minimum absolute atomic E-state index is 0.0747. The molecule has 2 aromatic rings. The van der Waals surface area contributed by atoms with Crippen molar-refractivity contribution >= 4 is 23.2 Å². The molecule has 0 saturated carbocycles. The van der Waals surface area contributed by atoms with Gasteiger partial charge in [-0.15, -0.1) is 0 Å². The number of ether oxygens (including phenoxy) is 1. The maximum Gasteiger partial charge on any atom is 0.256 e. The molecular formula is C13H13ClN2O3. The van der Waals surface area contributed by atoms with E-state index in [4.69, 9.17) is 26.5 Å². The van der Waals surface area contributed by atoms with E-state index in [2.05, 4.69) is 5.32 Å². The van der Waals surface area contributed by atoms with E-state index in [0.717, 1.165) is 0 Å². The number of hydrogen-bond acceptors (Lipinski definition) is 4. The second kappa shape index (κ2) is 6.15. The molecule has 19 heavy (non-hydrogen) atoms. The van der Waals surface area contributed by atoms with Crippen LogP contribution in [0.5, 0.6) is 5.75 Å². The molecule has 0 unspecified atom stereocenters. The molecular weight excluding hydrogens is 268 g/mol. The summed E-state index contributed by atoms with van der Waals surface area (Å²) in [6.07, 6.45) is 1.36. The van der Waals surface area contributed by atoms with Gasteiger partial charge >= 0.3 is 0 Å². The number of anilines is 1. The van der Waals surface area contributed by atoms with Crippen molar-refractivity contribution in [2.75, 3.05) is 18.9 Å². The van der Waals surface area contributed by atoms with Crippen LogP contribution in [0.25, 0.3) is 0 Å². The fourth-order valence-electron chi connectivity index (χ4n) is 1.49. The van der Waals surface area contributed by atoms with Crippen LogP contribution in [0.1, 0.15) is 10.4 Å². The summed E-state index contributed by atoms with van der Waals surface area (Å²) in [6.45, 7) is 0.657. The molecule has 0 spiro atoms. The first-order valence-corrected chi connectivity index (χ1v) is 6.05. The zero-order chi connectivity index (χ0) is 13.7. The van der Waals surface area contributed by atoms with Gasteiger partial charge in [0.1, 0.15) is 12.4 Å². The largest absolute Gasteiger partial charge is 0.490 e. The van der Waals surface area contributed by atoms with Gasteiger partial charge in [0, 0.05) is 0 Å². The number of rotatable bonds is 5. The number of carbonyl (C=O) groups is 1. The van der Waals surface area contributed by atoms with Gasteiger partial charge in [0.2, 0.25) is 5.22 Å². The Morgan fingerprint density at radius 3 is 2.84 bits per heavy atom. The van der Waals surface area contributed by atoms with Crippen molar-refractivity contribution in [2.45, 2.75) is 0 Å². The van der Waals surface area contributed by atoms with E-state index in [-0.39, 0.29) is 11.1 Å². The Balaban J connectivity index is 1.77. The van der Waals surface area contributed by atoms with Crippen molar-refractivity contribution in [1.82, 2.24) is 5.32 Å².